The van der Waals surface area contributed by atoms with Crippen molar-refractivity contribution < 1.29 is 4.79 Å². The van der Waals surface area contributed by atoms with E-state index < -0.39 is 6.03 Å². The molecule has 4 nitrogen and oxygen atoms in total. The first-order valence-electron chi connectivity index (χ1n) is 7.36. The lowest BCUT2D eigenvalue weighted by atomic mass is 9.98. The molecule has 2 amide bonds. The van der Waals surface area contributed by atoms with Crippen molar-refractivity contribution in [3.05, 3.63) is 0 Å². The topological polar surface area (TPSA) is 67.5 Å². The van der Waals surface area contributed by atoms with Crippen molar-refractivity contribution >= 4 is 11.7 Å². The van der Waals surface area contributed by atoms with E-state index in [1.165, 1.54) is 57.8 Å². The fraction of sp³-hybridized carbons (Fsp3) is 0.857. The van der Waals surface area contributed by atoms with Gasteiger partial charge in [-0.25, -0.2) is 10.2 Å². The molecule has 0 bridgehead atoms. The Hall–Kier alpha value is -1.06. The molecule has 1 atom stereocenters. The lowest BCUT2D eigenvalue weighted by Crippen LogP contribution is -2.26. The molecule has 0 aromatic heterocycles. The second-order valence-corrected chi connectivity index (χ2v) is 5.22. The van der Waals surface area contributed by atoms with E-state index in [1.807, 2.05) is 0 Å². The maximum Gasteiger partial charge on any atom is 0.332 e. The fourth-order valence-corrected chi connectivity index (χ4v) is 2.66. The van der Waals surface area contributed by atoms with Gasteiger partial charge in [-0.2, -0.15) is 5.10 Å². The van der Waals surface area contributed by atoms with E-state index in [0.717, 1.165) is 12.1 Å². The number of rotatable bonds is 8. The average Bonchev–Trinajstić information content (AvgIpc) is 2.78. The van der Waals surface area contributed by atoms with Gasteiger partial charge in [-0.1, -0.05) is 45.4 Å². The largest absolute Gasteiger partial charge is 0.350 e. The van der Waals surface area contributed by atoms with Crippen LogP contribution >= 0.6 is 0 Å². The third kappa shape index (κ3) is 6.03. The van der Waals surface area contributed by atoms with E-state index in [0.29, 0.717) is 5.92 Å². The zero-order valence-corrected chi connectivity index (χ0v) is 11.6. The second-order valence-electron chi connectivity index (χ2n) is 5.22. The van der Waals surface area contributed by atoms with Crippen molar-refractivity contribution in [1.82, 2.24) is 5.43 Å². The zero-order chi connectivity index (χ0) is 13.2. The van der Waals surface area contributed by atoms with Gasteiger partial charge < -0.3 is 5.73 Å². The number of hydrazone groups is 1. The first kappa shape index (κ1) is 15.0. The number of carbonyl (C=O) groups is 1. The number of carbonyl (C=O) groups excluding carboxylic acids is 1. The number of nitrogens with zero attached hydrogens (tertiary/aromatic N) is 1. The Morgan fingerprint density at radius 2 is 2.06 bits per heavy atom. The van der Waals surface area contributed by atoms with Crippen LogP contribution in [0.25, 0.3) is 0 Å². The Morgan fingerprint density at radius 1 is 1.33 bits per heavy atom. The Kier molecular flexibility index (Phi) is 7.46. The van der Waals surface area contributed by atoms with Gasteiger partial charge >= 0.3 is 6.03 Å². The lowest BCUT2D eigenvalue weighted by Gasteiger charge is -2.10. The van der Waals surface area contributed by atoms with Crippen LogP contribution in [0.5, 0.6) is 0 Å². The van der Waals surface area contributed by atoms with Gasteiger partial charge in [0.25, 0.3) is 0 Å². The van der Waals surface area contributed by atoms with E-state index in [4.69, 9.17) is 5.73 Å². The molecule has 1 rings (SSSR count). The molecule has 1 aliphatic carbocycles. The number of urea groups is 1. The molecule has 0 heterocycles. The van der Waals surface area contributed by atoms with Gasteiger partial charge in [0.15, 0.2) is 0 Å². The highest BCUT2D eigenvalue weighted by Gasteiger charge is 2.22. The van der Waals surface area contributed by atoms with Crippen molar-refractivity contribution in [1.29, 1.82) is 0 Å². The summed E-state index contributed by atoms with van der Waals surface area (Å²) in [7, 11) is 0. The highest BCUT2D eigenvalue weighted by molar-refractivity contribution is 5.89. The van der Waals surface area contributed by atoms with Crippen LogP contribution in [0.2, 0.25) is 0 Å². The minimum absolute atomic E-state index is 0.562. The molecular formula is C14H27N3O. The summed E-state index contributed by atoms with van der Waals surface area (Å²) < 4.78 is 0. The van der Waals surface area contributed by atoms with Gasteiger partial charge in [0.1, 0.15) is 0 Å². The number of amides is 2. The van der Waals surface area contributed by atoms with E-state index in [-0.39, 0.29) is 0 Å². The van der Waals surface area contributed by atoms with Gasteiger partial charge in [0.05, 0.1) is 0 Å². The van der Waals surface area contributed by atoms with Crippen molar-refractivity contribution in [2.45, 2.75) is 71.1 Å². The summed E-state index contributed by atoms with van der Waals surface area (Å²) in [5.74, 6) is 0.572. The summed E-state index contributed by atoms with van der Waals surface area (Å²) in [5.41, 5.74) is 8.53. The van der Waals surface area contributed by atoms with Crippen LogP contribution in [0.1, 0.15) is 71.1 Å². The molecule has 1 fully saturated rings. The van der Waals surface area contributed by atoms with E-state index in [2.05, 4.69) is 17.5 Å². The maximum absolute atomic E-state index is 10.6. The normalized spacial score (nSPS) is 21.4. The van der Waals surface area contributed by atoms with Crippen molar-refractivity contribution in [3.8, 4) is 0 Å². The SMILES string of the molecule is CCCCCCCC[C@H]1CCC/C1=N/NC(N)=O. The molecule has 0 aromatic rings. The highest BCUT2D eigenvalue weighted by Crippen LogP contribution is 2.27. The molecular weight excluding hydrogens is 226 g/mol. The summed E-state index contributed by atoms with van der Waals surface area (Å²) in [6.45, 7) is 2.24. The van der Waals surface area contributed by atoms with Crippen LogP contribution in [-0.2, 0) is 0 Å². The van der Waals surface area contributed by atoms with Crippen molar-refractivity contribution in [3.63, 3.8) is 0 Å². The van der Waals surface area contributed by atoms with Crippen LogP contribution < -0.4 is 11.2 Å². The second kappa shape index (κ2) is 8.95. The molecule has 1 aliphatic rings. The quantitative estimate of drug-likeness (QED) is 0.504. The Bertz CT molecular complexity index is 276. The summed E-state index contributed by atoms with van der Waals surface area (Å²) in [6, 6.07) is -0.562. The van der Waals surface area contributed by atoms with Gasteiger partial charge in [0.2, 0.25) is 0 Å². The van der Waals surface area contributed by atoms with E-state index >= 15 is 0 Å². The first-order valence-corrected chi connectivity index (χ1v) is 7.36. The molecule has 4 heteroatoms. The molecule has 18 heavy (non-hydrogen) atoms. The lowest BCUT2D eigenvalue weighted by molar-refractivity contribution is 0.249. The van der Waals surface area contributed by atoms with E-state index in [9.17, 15) is 4.79 Å². The van der Waals surface area contributed by atoms with E-state index in [1.54, 1.807) is 0 Å². The van der Waals surface area contributed by atoms with Crippen LogP contribution in [0.15, 0.2) is 5.10 Å². The average molecular weight is 253 g/mol. The molecule has 3 N–H and O–H groups in total. The highest BCUT2D eigenvalue weighted by atomic mass is 16.2. The minimum Gasteiger partial charge on any atom is -0.350 e. The van der Waals surface area contributed by atoms with Crippen molar-refractivity contribution in [2.24, 2.45) is 16.8 Å². The molecule has 1 saturated carbocycles. The summed E-state index contributed by atoms with van der Waals surface area (Å²) in [4.78, 5) is 10.6. The van der Waals surface area contributed by atoms with Crippen LogP contribution in [0.4, 0.5) is 4.79 Å². The Balaban J connectivity index is 2.16. The molecule has 104 valence electrons. The fourth-order valence-electron chi connectivity index (χ4n) is 2.66. The number of hydrogen-bond donors (Lipinski definition) is 2. The third-order valence-electron chi connectivity index (χ3n) is 3.67. The van der Waals surface area contributed by atoms with Crippen molar-refractivity contribution in [2.75, 3.05) is 0 Å². The molecule has 0 unspecified atom stereocenters. The summed E-state index contributed by atoms with van der Waals surface area (Å²) in [6.07, 6.45) is 12.6. The Morgan fingerprint density at radius 3 is 2.78 bits per heavy atom. The molecule has 0 aromatic carbocycles. The number of hydrogen-bond acceptors (Lipinski definition) is 2. The number of nitrogens with two attached hydrogens (primary N) is 1. The maximum atomic E-state index is 10.6. The number of nitrogens with one attached hydrogen (secondary N) is 1. The molecule has 0 spiro atoms. The molecule has 0 aliphatic heterocycles. The predicted octanol–water partition coefficient (Wildman–Crippen LogP) is 3.56. The van der Waals surface area contributed by atoms with Gasteiger partial charge in [-0.3, -0.25) is 0 Å². The van der Waals surface area contributed by atoms with Crippen LogP contribution in [-0.4, -0.2) is 11.7 Å². The summed E-state index contributed by atoms with van der Waals surface area (Å²) >= 11 is 0. The number of primary amides is 1. The monoisotopic (exact) mass is 253 g/mol. The minimum atomic E-state index is -0.562. The number of unbranched alkanes of at least 4 members (excludes halogenated alkanes) is 5. The smallest absolute Gasteiger partial charge is 0.332 e. The van der Waals surface area contributed by atoms with Crippen LogP contribution in [0, 0.1) is 5.92 Å². The molecule has 0 radical (unpaired) electrons. The third-order valence-corrected chi connectivity index (χ3v) is 3.67. The zero-order valence-electron chi connectivity index (χ0n) is 11.6. The standard InChI is InChI=1S/C14H27N3O/c1-2-3-4-5-6-7-9-12-10-8-11-13(12)16-17-14(15)18/h12H,2-11H2,1H3,(H3,15,17,18)/b16-13-/t12-/m0/s1. The van der Waals surface area contributed by atoms with Crippen LogP contribution in [0.3, 0.4) is 0 Å². The van der Waals surface area contributed by atoms with Gasteiger partial charge in [-0.05, 0) is 31.6 Å². The Labute approximate surface area is 110 Å². The van der Waals surface area contributed by atoms with Gasteiger partial charge in [-0.15, -0.1) is 0 Å². The summed E-state index contributed by atoms with van der Waals surface area (Å²) in [5, 5.41) is 4.12. The first-order chi connectivity index (χ1) is 8.74. The molecule has 0 saturated heterocycles. The predicted molar refractivity (Wildman–Crippen MR) is 75.5 cm³/mol. The van der Waals surface area contributed by atoms with Gasteiger partial charge in [0, 0.05) is 5.71 Å².